The highest BCUT2D eigenvalue weighted by molar-refractivity contribution is 5.92. The predicted octanol–water partition coefficient (Wildman–Crippen LogP) is 1.11. The summed E-state index contributed by atoms with van der Waals surface area (Å²) in [6.07, 6.45) is 5.02. The molecule has 2 aliphatic rings. The van der Waals surface area contributed by atoms with Gasteiger partial charge in [0, 0.05) is 13.1 Å². The van der Waals surface area contributed by atoms with Crippen LogP contribution in [0.3, 0.4) is 0 Å². The molecular formula is C13H22ClN5O. The highest BCUT2D eigenvalue weighted by atomic mass is 35.5. The van der Waals surface area contributed by atoms with Gasteiger partial charge in [-0.05, 0) is 38.3 Å². The van der Waals surface area contributed by atoms with Crippen molar-refractivity contribution in [3.8, 4) is 0 Å². The van der Waals surface area contributed by atoms with Crippen LogP contribution in [0.4, 0.5) is 0 Å². The number of hydrogen-bond donors (Lipinski definition) is 1. The molecule has 0 saturated carbocycles. The molecule has 1 unspecified atom stereocenters. The summed E-state index contributed by atoms with van der Waals surface area (Å²) in [5, 5.41) is 11.5. The molecular weight excluding hydrogens is 278 g/mol. The Balaban J connectivity index is 0.00000147. The van der Waals surface area contributed by atoms with Gasteiger partial charge in [-0.1, -0.05) is 12.1 Å². The summed E-state index contributed by atoms with van der Waals surface area (Å²) >= 11 is 0. The smallest absolute Gasteiger partial charge is 0.276 e. The number of rotatable bonds is 2. The summed E-state index contributed by atoms with van der Waals surface area (Å²) in [5.41, 5.74) is 0.493. The minimum Gasteiger partial charge on any atom is -0.337 e. The molecule has 6 nitrogen and oxygen atoms in total. The molecule has 1 atom stereocenters. The third-order valence-corrected chi connectivity index (χ3v) is 4.12. The highest BCUT2D eigenvalue weighted by Crippen LogP contribution is 2.19. The van der Waals surface area contributed by atoms with Crippen molar-refractivity contribution < 1.29 is 4.79 Å². The van der Waals surface area contributed by atoms with Gasteiger partial charge in [0.25, 0.3) is 5.91 Å². The predicted molar refractivity (Wildman–Crippen MR) is 78.1 cm³/mol. The van der Waals surface area contributed by atoms with Gasteiger partial charge < -0.3 is 10.2 Å². The standard InChI is InChI=1S/C13H21N5O.ClH/c1-10-4-7-17(8-10)13(19)12-9-18(16-15-12)11-2-5-14-6-3-11;/h9-11,14H,2-8H2,1H3;1H. The summed E-state index contributed by atoms with van der Waals surface area (Å²) in [6.45, 7) is 5.90. The van der Waals surface area contributed by atoms with E-state index in [1.807, 2.05) is 15.8 Å². The van der Waals surface area contributed by atoms with Crippen molar-refractivity contribution in [1.29, 1.82) is 0 Å². The second-order valence-corrected chi connectivity index (χ2v) is 5.71. The van der Waals surface area contributed by atoms with Crippen LogP contribution in [0, 0.1) is 5.92 Å². The number of halogens is 1. The molecule has 3 rings (SSSR count). The Hall–Kier alpha value is -1.14. The SMILES string of the molecule is CC1CCN(C(=O)c2cn(C3CCNCC3)nn2)C1.Cl. The molecule has 1 aromatic heterocycles. The van der Waals surface area contributed by atoms with Crippen LogP contribution in [-0.2, 0) is 0 Å². The number of carbonyl (C=O) groups is 1. The van der Waals surface area contributed by atoms with Crippen LogP contribution >= 0.6 is 12.4 Å². The Morgan fingerprint density at radius 1 is 1.35 bits per heavy atom. The molecule has 2 fully saturated rings. The number of likely N-dealkylation sites (tertiary alicyclic amines) is 1. The van der Waals surface area contributed by atoms with Crippen LogP contribution in [0.15, 0.2) is 6.20 Å². The van der Waals surface area contributed by atoms with Gasteiger partial charge in [0.2, 0.25) is 0 Å². The number of piperidine rings is 1. The molecule has 112 valence electrons. The van der Waals surface area contributed by atoms with Crippen molar-refractivity contribution in [3.63, 3.8) is 0 Å². The zero-order valence-electron chi connectivity index (χ0n) is 11.8. The number of hydrogen-bond acceptors (Lipinski definition) is 4. The normalized spacial score (nSPS) is 23.6. The summed E-state index contributed by atoms with van der Waals surface area (Å²) < 4.78 is 1.87. The first-order chi connectivity index (χ1) is 9.24. The molecule has 0 aromatic carbocycles. The maximum atomic E-state index is 12.3. The first-order valence-corrected chi connectivity index (χ1v) is 7.16. The number of carbonyl (C=O) groups excluding carboxylic acids is 1. The summed E-state index contributed by atoms with van der Waals surface area (Å²) in [4.78, 5) is 14.2. The quantitative estimate of drug-likeness (QED) is 0.888. The van der Waals surface area contributed by atoms with Crippen LogP contribution in [0.25, 0.3) is 0 Å². The van der Waals surface area contributed by atoms with E-state index in [0.717, 1.165) is 45.4 Å². The summed E-state index contributed by atoms with van der Waals surface area (Å²) in [5.74, 6) is 0.632. The zero-order chi connectivity index (χ0) is 13.2. The van der Waals surface area contributed by atoms with Crippen molar-refractivity contribution in [3.05, 3.63) is 11.9 Å². The van der Waals surface area contributed by atoms with Gasteiger partial charge in [-0.25, -0.2) is 4.68 Å². The van der Waals surface area contributed by atoms with Crippen molar-refractivity contribution in [2.24, 2.45) is 5.92 Å². The third-order valence-electron chi connectivity index (χ3n) is 4.12. The molecule has 1 N–H and O–H groups in total. The molecule has 0 spiro atoms. The van der Waals surface area contributed by atoms with Gasteiger partial charge in [0.15, 0.2) is 5.69 Å². The molecule has 20 heavy (non-hydrogen) atoms. The van der Waals surface area contributed by atoms with Gasteiger partial charge in [0.05, 0.1) is 12.2 Å². The molecule has 0 radical (unpaired) electrons. The van der Waals surface area contributed by atoms with Gasteiger partial charge in [-0.2, -0.15) is 0 Å². The van der Waals surface area contributed by atoms with E-state index in [4.69, 9.17) is 0 Å². The number of aromatic nitrogens is 3. The molecule has 7 heteroatoms. The Morgan fingerprint density at radius 2 is 2.10 bits per heavy atom. The summed E-state index contributed by atoms with van der Waals surface area (Å²) in [7, 11) is 0. The van der Waals surface area contributed by atoms with Gasteiger partial charge >= 0.3 is 0 Å². The van der Waals surface area contributed by atoms with Crippen molar-refractivity contribution >= 4 is 18.3 Å². The lowest BCUT2D eigenvalue weighted by Gasteiger charge is -2.22. The van der Waals surface area contributed by atoms with E-state index in [9.17, 15) is 4.79 Å². The highest BCUT2D eigenvalue weighted by Gasteiger charge is 2.26. The van der Waals surface area contributed by atoms with Crippen molar-refractivity contribution in [1.82, 2.24) is 25.2 Å². The maximum absolute atomic E-state index is 12.3. The van der Waals surface area contributed by atoms with Crippen LogP contribution < -0.4 is 5.32 Å². The van der Waals surface area contributed by atoms with Crippen LogP contribution in [0.2, 0.25) is 0 Å². The lowest BCUT2D eigenvalue weighted by atomic mass is 10.1. The minimum atomic E-state index is 0. The molecule has 2 aliphatic heterocycles. The Labute approximate surface area is 125 Å². The van der Waals surface area contributed by atoms with Crippen LogP contribution in [-0.4, -0.2) is 52.0 Å². The van der Waals surface area contributed by atoms with E-state index in [0.29, 0.717) is 17.7 Å². The first-order valence-electron chi connectivity index (χ1n) is 7.16. The number of nitrogens with zero attached hydrogens (tertiary/aromatic N) is 4. The molecule has 0 bridgehead atoms. The largest absolute Gasteiger partial charge is 0.337 e. The van der Waals surface area contributed by atoms with E-state index in [-0.39, 0.29) is 18.3 Å². The maximum Gasteiger partial charge on any atom is 0.276 e. The average Bonchev–Trinajstić information content (AvgIpc) is 3.08. The monoisotopic (exact) mass is 299 g/mol. The van der Waals surface area contributed by atoms with E-state index < -0.39 is 0 Å². The fourth-order valence-corrected chi connectivity index (χ4v) is 2.91. The number of amides is 1. The third kappa shape index (κ3) is 3.12. The molecule has 0 aliphatic carbocycles. The second kappa shape index (κ2) is 6.54. The van der Waals surface area contributed by atoms with E-state index >= 15 is 0 Å². The summed E-state index contributed by atoms with van der Waals surface area (Å²) in [6, 6.07) is 0.382. The van der Waals surface area contributed by atoms with Crippen LogP contribution in [0.5, 0.6) is 0 Å². The first kappa shape index (κ1) is 15.3. The van der Waals surface area contributed by atoms with Gasteiger partial charge in [-0.15, -0.1) is 17.5 Å². The van der Waals surface area contributed by atoms with Gasteiger partial charge in [-0.3, -0.25) is 4.79 Å². The lowest BCUT2D eigenvalue weighted by molar-refractivity contribution is 0.0782. The topological polar surface area (TPSA) is 63.1 Å². The van der Waals surface area contributed by atoms with Crippen molar-refractivity contribution in [2.75, 3.05) is 26.2 Å². The van der Waals surface area contributed by atoms with Gasteiger partial charge in [0.1, 0.15) is 0 Å². The Morgan fingerprint density at radius 3 is 2.75 bits per heavy atom. The second-order valence-electron chi connectivity index (χ2n) is 5.71. The fraction of sp³-hybridized carbons (Fsp3) is 0.769. The number of nitrogens with one attached hydrogen (secondary N) is 1. The van der Waals surface area contributed by atoms with Crippen molar-refractivity contribution in [2.45, 2.75) is 32.2 Å². The molecule has 3 heterocycles. The molecule has 1 amide bonds. The molecule has 2 saturated heterocycles. The Kier molecular flexibility index (Phi) is 4.99. The van der Waals surface area contributed by atoms with E-state index in [1.165, 1.54) is 0 Å². The van der Waals surface area contributed by atoms with E-state index in [1.54, 1.807) is 0 Å². The van der Waals surface area contributed by atoms with E-state index in [2.05, 4.69) is 22.6 Å². The lowest BCUT2D eigenvalue weighted by Crippen LogP contribution is -2.30. The fourth-order valence-electron chi connectivity index (χ4n) is 2.91. The molecule has 1 aromatic rings. The minimum absolute atomic E-state index is 0. The zero-order valence-corrected chi connectivity index (χ0v) is 12.6. The average molecular weight is 300 g/mol. The Bertz CT molecular complexity index is 457. The van der Waals surface area contributed by atoms with Crippen LogP contribution in [0.1, 0.15) is 42.7 Å².